The molecule has 2 rings (SSSR count). The van der Waals surface area contributed by atoms with E-state index in [-0.39, 0.29) is 5.69 Å². The predicted molar refractivity (Wildman–Crippen MR) is 69.9 cm³/mol. The first kappa shape index (κ1) is 14.5. The lowest BCUT2D eigenvalue weighted by molar-refractivity contribution is 0.141. The van der Waals surface area contributed by atoms with E-state index in [0.717, 1.165) is 0 Å². The number of nitrogens with one attached hydrogen (secondary N) is 1. The van der Waals surface area contributed by atoms with E-state index >= 15 is 0 Å². The standard InChI is InChI=1S/C13H16F2N4O/c1-20-7-6-17-8-10-9-18-19(12(10)13(14)15)11-2-4-16-5-3-11/h2-5,9,13,17H,6-8H2,1H3. The minimum Gasteiger partial charge on any atom is -0.383 e. The zero-order valence-electron chi connectivity index (χ0n) is 11.1. The molecule has 20 heavy (non-hydrogen) atoms. The fraction of sp³-hybridized carbons (Fsp3) is 0.385. The second-order valence-corrected chi connectivity index (χ2v) is 4.14. The van der Waals surface area contributed by atoms with Crippen LogP contribution in [0.5, 0.6) is 0 Å². The van der Waals surface area contributed by atoms with E-state index in [1.165, 1.54) is 10.9 Å². The summed E-state index contributed by atoms with van der Waals surface area (Å²) in [5.74, 6) is 0. The van der Waals surface area contributed by atoms with Crippen LogP contribution in [0.15, 0.2) is 30.7 Å². The number of ether oxygens (including phenoxy) is 1. The molecule has 0 atom stereocenters. The van der Waals surface area contributed by atoms with Crippen LogP contribution in [0.3, 0.4) is 0 Å². The topological polar surface area (TPSA) is 52.0 Å². The van der Waals surface area contributed by atoms with Gasteiger partial charge in [-0.1, -0.05) is 0 Å². The van der Waals surface area contributed by atoms with Crippen LogP contribution < -0.4 is 5.32 Å². The Kier molecular flexibility index (Phi) is 5.14. The molecule has 0 aliphatic heterocycles. The van der Waals surface area contributed by atoms with Gasteiger partial charge >= 0.3 is 0 Å². The molecule has 0 spiro atoms. The molecule has 0 aliphatic rings. The average Bonchev–Trinajstić information content (AvgIpc) is 2.88. The van der Waals surface area contributed by atoms with Gasteiger partial charge in [0.05, 0.1) is 18.5 Å². The van der Waals surface area contributed by atoms with Crippen LogP contribution in [0, 0.1) is 0 Å². The monoisotopic (exact) mass is 282 g/mol. The van der Waals surface area contributed by atoms with Crippen molar-refractivity contribution in [1.82, 2.24) is 20.1 Å². The molecule has 7 heteroatoms. The molecular weight excluding hydrogens is 266 g/mol. The number of alkyl halides is 2. The summed E-state index contributed by atoms with van der Waals surface area (Å²) in [4.78, 5) is 3.87. The molecule has 0 aliphatic carbocycles. The molecule has 0 aromatic carbocycles. The highest BCUT2D eigenvalue weighted by atomic mass is 19.3. The molecule has 0 fully saturated rings. The summed E-state index contributed by atoms with van der Waals surface area (Å²) in [5, 5.41) is 7.08. The molecule has 0 amide bonds. The first-order valence-corrected chi connectivity index (χ1v) is 6.19. The van der Waals surface area contributed by atoms with Gasteiger partial charge in [-0.2, -0.15) is 5.10 Å². The molecule has 108 valence electrons. The number of rotatable bonds is 7. The van der Waals surface area contributed by atoms with E-state index in [1.807, 2.05) is 0 Å². The fourth-order valence-electron chi connectivity index (χ4n) is 1.85. The summed E-state index contributed by atoms with van der Waals surface area (Å²) < 4.78 is 32.7. The summed E-state index contributed by atoms with van der Waals surface area (Å²) in [6, 6.07) is 3.28. The number of methoxy groups -OCH3 is 1. The smallest absolute Gasteiger partial charge is 0.280 e. The Labute approximate surface area is 115 Å². The molecule has 0 radical (unpaired) electrons. The van der Waals surface area contributed by atoms with Gasteiger partial charge in [0, 0.05) is 38.2 Å². The van der Waals surface area contributed by atoms with Gasteiger partial charge in [0.25, 0.3) is 6.43 Å². The van der Waals surface area contributed by atoms with E-state index in [4.69, 9.17) is 4.74 Å². The zero-order chi connectivity index (χ0) is 14.4. The Bertz CT molecular complexity index is 530. The fourth-order valence-corrected chi connectivity index (χ4v) is 1.85. The van der Waals surface area contributed by atoms with E-state index in [2.05, 4.69) is 15.4 Å². The molecule has 5 nitrogen and oxygen atoms in total. The van der Waals surface area contributed by atoms with E-state index in [9.17, 15) is 8.78 Å². The largest absolute Gasteiger partial charge is 0.383 e. The minimum atomic E-state index is -2.59. The number of nitrogens with zero attached hydrogens (tertiary/aromatic N) is 3. The second-order valence-electron chi connectivity index (χ2n) is 4.14. The van der Waals surface area contributed by atoms with E-state index in [1.54, 1.807) is 31.6 Å². The van der Waals surface area contributed by atoms with Crippen molar-refractivity contribution in [3.63, 3.8) is 0 Å². The maximum atomic E-state index is 13.3. The number of hydrogen-bond donors (Lipinski definition) is 1. The molecule has 2 heterocycles. The number of pyridine rings is 1. The summed E-state index contributed by atoms with van der Waals surface area (Å²) >= 11 is 0. The van der Waals surface area contributed by atoms with Crippen molar-refractivity contribution in [2.24, 2.45) is 0 Å². The van der Waals surface area contributed by atoms with Gasteiger partial charge in [-0.3, -0.25) is 4.98 Å². The molecule has 0 saturated heterocycles. The van der Waals surface area contributed by atoms with Gasteiger partial charge in [0.15, 0.2) is 0 Å². The summed E-state index contributed by atoms with van der Waals surface area (Å²) in [7, 11) is 1.59. The average molecular weight is 282 g/mol. The summed E-state index contributed by atoms with van der Waals surface area (Å²) in [5.41, 5.74) is 0.951. The van der Waals surface area contributed by atoms with Crippen molar-refractivity contribution in [1.29, 1.82) is 0 Å². The Balaban J connectivity index is 2.20. The van der Waals surface area contributed by atoms with Gasteiger partial charge in [0.1, 0.15) is 5.69 Å². The van der Waals surface area contributed by atoms with E-state index in [0.29, 0.717) is 30.9 Å². The lowest BCUT2D eigenvalue weighted by Crippen LogP contribution is -2.19. The van der Waals surface area contributed by atoms with Gasteiger partial charge in [-0.05, 0) is 12.1 Å². The van der Waals surface area contributed by atoms with Crippen molar-refractivity contribution in [2.45, 2.75) is 13.0 Å². The molecule has 0 bridgehead atoms. The Morgan fingerprint density at radius 3 is 2.75 bits per heavy atom. The number of hydrogen-bond acceptors (Lipinski definition) is 4. The first-order valence-electron chi connectivity index (χ1n) is 6.19. The minimum absolute atomic E-state index is 0.0962. The third-order valence-electron chi connectivity index (χ3n) is 2.80. The van der Waals surface area contributed by atoms with Gasteiger partial charge in [0.2, 0.25) is 0 Å². The van der Waals surface area contributed by atoms with Gasteiger partial charge in [-0.15, -0.1) is 0 Å². The molecular formula is C13H16F2N4O. The van der Waals surface area contributed by atoms with Crippen LogP contribution in [0.4, 0.5) is 8.78 Å². The second kappa shape index (κ2) is 7.06. The first-order chi connectivity index (χ1) is 9.74. The maximum absolute atomic E-state index is 13.3. The third-order valence-corrected chi connectivity index (χ3v) is 2.80. The van der Waals surface area contributed by atoms with Crippen LogP contribution in [-0.4, -0.2) is 35.0 Å². The lowest BCUT2D eigenvalue weighted by atomic mass is 10.2. The molecule has 2 aromatic heterocycles. The Hall–Kier alpha value is -1.86. The van der Waals surface area contributed by atoms with Crippen molar-refractivity contribution in [3.05, 3.63) is 42.0 Å². The van der Waals surface area contributed by atoms with Crippen LogP contribution in [0.25, 0.3) is 5.69 Å². The van der Waals surface area contributed by atoms with Crippen LogP contribution in [0.2, 0.25) is 0 Å². The predicted octanol–water partition coefficient (Wildman–Crippen LogP) is 1.94. The van der Waals surface area contributed by atoms with Crippen molar-refractivity contribution in [3.8, 4) is 5.69 Å². The molecule has 0 unspecified atom stereocenters. The quantitative estimate of drug-likeness (QED) is 0.789. The van der Waals surface area contributed by atoms with Crippen LogP contribution >= 0.6 is 0 Å². The molecule has 2 aromatic rings. The third kappa shape index (κ3) is 3.37. The SMILES string of the molecule is COCCNCc1cnn(-c2ccncc2)c1C(F)F. The highest BCUT2D eigenvalue weighted by molar-refractivity contribution is 5.33. The van der Waals surface area contributed by atoms with Crippen LogP contribution in [0.1, 0.15) is 17.7 Å². The highest BCUT2D eigenvalue weighted by Crippen LogP contribution is 2.25. The highest BCUT2D eigenvalue weighted by Gasteiger charge is 2.20. The van der Waals surface area contributed by atoms with Crippen LogP contribution in [-0.2, 0) is 11.3 Å². The maximum Gasteiger partial charge on any atom is 0.280 e. The zero-order valence-corrected chi connectivity index (χ0v) is 11.1. The molecule has 0 saturated carbocycles. The van der Waals surface area contributed by atoms with Crippen molar-refractivity contribution in [2.75, 3.05) is 20.3 Å². The normalized spacial score (nSPS) is 11.2. The van der Waals surface area contributed by atoms with Crippen molar-refractivity contribution < 1.29 is 13.5 Å². The van der Waals surface area contributed by atoms with E-state index < -0.39 is 6.43 Å². The van der Waals surface area contributed by atoms with Gasteiger partial charge in [-0.25, -0.2) is 13.5 Å². The Morgan fingerprint density at radius 1 is 1.35 bits per heavy atom. The lowest BCUT2D eigenvalue weighted by Gasteiger charge is -2.09. The Morgan fingerprint density at radius 2 is 2.10 bits per heavy atom. The summed E-state index contributed by atoms with van der Waals surface area (Å²) in [6.45, 7) is 1.45. The number of halogens is 2. The summed E-state index contributed by atoms with van der Waals surface area (Å²) in [6.07, 6.45) is 1.96. The molecule has 1 N–H and O–H groups in total. The van der Waals surface area contributed by atoms with Gasteiger partial charge < -0.3 is 10.1 Å². The van der Waals surface area contributed by atoms with Crippen molar-refractivity contribution >= 4 is 0 Å². The number of aromatic nitrogens is 3.